The molecule has 0 fully saturated rings. The van der Waals surface area contributed by atoms with Crippen LogP contribution in [0, 0.1) is 5.82 Å². The smallest absolute Gasteiger partial charge is 0.308 e. The zero-order chi connectivity index (χ0) is 13.0. The Morgan fingerprint density at radius 1 is 1.06 bits per heavy atom. The van der Waals surface area contributed by atoms with Gasteiger partial charge in [-0.05, 0) is 36.4 Å². The highest BCUT2D eigenvalue weighted by Crippen LogP contribution is 2.11. The number of pyridine rings is 1. The first kappa shape index (κ1) is 12.3. The molecule has 0 bridgehead atoms. The predicted molar refractivity (Wildman–Crippen MR) is 68.3 cm³/mol. The summed E-state index contributed by atoms with van der Waals surface area (Å²) in [5.74, 6) is -0.358. The molecule has 2 N–H and O–H groups in total. The molecule has 1 heterocycles. The summed E-state index contributed by atoms with van der Waals surface area (Å²) in [5.41, 5.74) is 1.01. The van der Waals surface area contributed by atoms with Crippen molar-refractivity contribution in [3.05, 3.63) is 53.6 Å². The average molecular weight is 266 g/mol. The van der Waals surface area contributed by atoms with Crippen LogP contribution in [-0.4, -0.2) is 11.0 Å². The summed E-state index contributed by atoms with van der Waals surface area (Å²) < 4.78 is 12.7. The second-order valence-electron chi connectivity index (χ2n) is 3.46. The topological polar surface area (TPSA) is 54.0 Å². The van der Waals surface area contributed by atoms with Gasteiger partial charge in [-0.3, -0.25) is 0 Å². The number of carbonyl (C=O) groups excluding carboxylic acids is 1. The number of benzene rings is 1. The van der Waals surface area contributed by atoms with E-state index in [2.05, 4.69) is 15.6 Å². The van der Waals surface area contributed by atoms with Gasteiger partial charge in [-0.2, -0.15) is 0 Å². The molecule has 92 valence electrons. The summed E-state index contributed by atoms with van der Waals surface area (Å²) in [5, 5.41) is 5.47. The molecule has 0 spiro atoms. The Hall–Kier alpha value is -2.14. The molecule has 0 saturated carbocycles. The van der Waals surface area contributed by atoms with Crippen molar-refractivity contribution in [1.82, 2.24) is 4.98 Å². The van der Waals surface area contributed by atoms with Crippen molar-refractivity contribution in [3.8, 4) is 0 Å². The van der Waals surface area contributed by atoms with E-state index in [9.17, 15) is 9.18 Å². The molecule has 0 saturated heterocycles. The molecule has 2 rings (SSSR count). The summed E-state index contributed by atoms with van der Waals surface area (Å²) in [4.78, 5) is 15.4. The maximum atomic E-state index is 12.7. The average Bonchev–Trinajstić information content (AvgIpc) is 2.35. The van der Waals surface area contributed by atoms with E-state index >= 15 is 0 Å². The molecule has 1 aromatic heterocycles. The van der Waals surface area contributed by atoms with E-state index in [4.69, 9.17) is 11.6 Å². The number of nitrogens with one attached hydrogen (secondary N) is 2. The maximum absolute atomic E-state index is 12.7. The highest BCUT2D eigenvalue weighted by Gasteiger charge is 2.03. The van der Waals surface area contributed by atoms with Crippen LogP contribution in [0.5, 0.6) is 0 Å². The van der Waals surface area contributed by atoms with Gasteiger partial charge in [0, 0.05) is 5.69 Å². The van der Waals surface area contributed by atoms with Crippen molar-refractivity contribution in [1.29, 1.82) is 0 Å². The SMILES string of the molecule is O=C(Nc1ccc(F)cc1)Nc1ccc(Cl)nc1. The lowest BCUT2D eigenvalue weighted by molar-refractivity contribution is 0.262. The summed E-state index contributed by atoms with van der Waals surface area (Å²) >= 11 is 5.62. The normalized spacial score (nSPS) is 9.89. The molecule has 2 aromatic rings. The van der Waals surface area contributed by atoms with Gasteiger partial charge in [0.15, 0.2) is 0 Å². The number of amides is 2. The van der Waals surface area contributed by atoms with Crippen LogP contribution in [0.25, 0.3) is 0 Å². The van der Waals surface area contributed by atoms with E-state index in [0.717, 1.165) is 0 Å². The van der Waals surface area contributed by atoms with Crippen LogP contribution < -0.4 is 10.6 Å². The lowest BCUT2D eigenvalue weighted by Gasteiger charge is -2.07. The first-order valence-electron chi connectivity index (χ1n) is 5.08. The summed E-state index contributed by atoms with van der Waals surface area (Å²) in [6, 6.07) is 8.21. The fraction of sp³-hybridized carbons (Fsp3) is 0. The molecular formula is C12H9ClFN3O. The molecule has 1 aromatic carbocycles. The zero-order valence-electron chi connectivity index (χ0n) is 9.15. The van der Waals surface area contributed by atoms with Crippen molar-refractivity contribution in [2.45, 2.75) is 0 Å². The number of aromatic nitrogens is 1. The van der Waals surface area contributed by atoms with Gasteiger partial charge in [0.25, 0.3) is 0 Å². The van der Waals surface area contributed by atoms with Gasteiger partial charge in [-0.1, -0.05) is 11.6 Å². The van der Waals surface area contributed by atoms with Crippen molar-refractivity contribution in [2.75, 3.05) is 10.6 Å². The van der Waals surface area contributed by atoms with Gasteiger partial charge in [0.1, 0.15) is 11.0 Å². The number of nitrogens with zero attached hydrogens (tertiary/aromatic N) is 1. The highest BCUT2D eigenvalue weighted by molar-refractivity contribution is 6.29. The lowest BCUT2D eigenvalue weighted by Crippen LogP contribution is -2.19. The Bertz CT molecular complexity index is 493. The second-order valence-corrected chi connectivity index (χ2v) is 3.84. The van der Waals surface area contributed by atoms with Crippen LogP contribution in [0.1, 0.15) is 0 Å². The Kier molecular flexibility index (Phi) is 3.74. The third-order valence-electron chi connectivity index (χ3n) is 2.09. The van der Waals surface area contributed by atoms with E-state index in [-0.39, 0.29) is 5.82 Å². The first-order valence-corrected chi connectivity index (χ1v) is 5.46. The number of hydrogen-bond acceptors (Lipinski definition) is 2. The minimum atomic E-state index is -0.439. The molecule has 0 aliphatic carbocycles. The maximum Gasteiger partial charge on any atom is 0.323 e. The first-order chi connectivity index (χ1) is 8.63. The third kappa shape index (κ3) is 3.43. The van der Waals surface area contributed by atoms with Gasteiger partial charge >= 0.3 is 6.03 Å². The summed E-state index contributed by atoms with van der Waals surface area (Å²) in [6.45, 7) is 0. The van der Waals surface area contributed by atoms with Crippen LogP contribution in [0.2, 0.25) is 5.15 Å². The third-order valence-corrected chi connectivity index (χ3v) is 2.31. The minimum Gasteiger partial charge on any atom is -0.308 e. The number of anilines is 2. The fourth-order valence-corrected chi connectivity index (χ4v) is 1.39. The van der Waals surface area contributed by atoms with E-state index in [0.29, 0.717) is 16.5 Å². The van der Waals surface area contributed by atoms with E-state index in [1.165, 1.54) is 30.5 Å². The van der Waals surface area contributed by atoms with Crippen LogP contribution in [0.3, 0.4) is 0 Å². The van der Waals surface area contributed by atoms with Gasteiger partial charge < -0.3 is 10.6 Å². The molecule has 0 atom stereocenters. The number of urea groups is 1. The van der Waals surface area contributed by atoms with Gasteiger partial charge in [0.05, 0.1) is 11.9 Å². The minimum absolute atomic E-state index is 0.347. The Labute approximate surface area is 108 Å². The monoisotopic (exact) mass is 265 g/mol. The fourth-order valence-electron chi connectivity index (χ4n) is 1.28. The lowest BCUT2D eigenvalue weighted by atomic mass is 10.3. The van der Waals surface area contributed by atoms with Crippen molar-refractivity contribution >= 4 is 29.0 Å². The van der Waals surface area contributed by atoms with Crippen LogP contribution in [-0.2, 0) is 0 Å². The number of rotatable bonds is 2. The molecule has 0 radical (unpaired) electrons. The summed E-state index contributed by atoms with van der Waals surface area (Å²) in [7, 11) is 0. The highest BCUT2D eigenvalue weighted by atomic mass is 35.5. The molecule has 0 aliphatic rings. The van der Waals surface area contributed by atoms with Crippen LogP contribution >= 0.6 is 11.6 Å². The van der Waals surface area contributed by atoms with Gasteiger partial charge in [-0.25, -0.2) is 14.2 Å². The van der Waals surface area contributed by atoms with Crippen LogP contribution in [0.15, 0.2) is 42.6 Å². The van der Waals surface area contributed by atoms with Crippen molar-refractivity contribution in [3.63, 3.8) is 0 Å². The number of hydrogen-bond donors (Lipinski definition) is 2. The van der Waals surface area contributed by atoms with Gasteiger partial charge in [-0.15, -0.1) is 0 Å². The number of halogens is 2. The number of carbonyl (C=O) groups is 1. The van der Waals surface area contributed by atoms with E-state index < -0.39 is 6.03 Å². The predicted octanol–water partition coefficient (Wildman–Crippen LogP) is 3.52. The Morgan fingerprint density at radius 3 is 2.28 bits per heavy atom. The molecule has 6 heteroatoms. The van der Waals surface area contributed by atoms with Crippen molar-refractivity contribution < 1.29 is 9.18 Å². The molecule has 0 unspecified atom stereocenters. The quantitative estimate of drug-likeness (QED) is 0.817. The molecule has 0 aliphatic heterocycles. The van der Waals surface area contributed by atoms with E-state index in [1.54, 1.807) is 12.1 Å². The largest absolute Gasteiger partial charge is 0.323 e. The zero-order valence-corrected chi connectivity index (χ0v) is 9.91. The Balaban J connectivity index is 1.96. The van der Waals surface area contributed by atoms with Crippen LogP contribution in [0.4, 0.5) is 20.6 Å². The van der Waals surface area contributed by atoms with Gasteiger partial charge in [0.2, 0.25) is 0 Å². The van der Waals surface area contributed by atoms with E-state index in [1.807, 2.05) is 0 Å². The molecule has 18 heavy (non-hydrogen) atoms. The standard InChI is InChI=1S/C12H9ClFN3O/c13-11-6-5-10(7-15-11)17-12(18)16-9-3-1-8(14)2-4-9/h1-7H,(H2,16,17,18). The molecule has 4 nitrogen and oxygen atoms in total. The Morgan fingerprint density at radius 2 is 1.67 bits per heavy atom. The molecule has 2 amide bonds. The second kappa shape index (κ2) is 5.46. The van der Waals surface area contributed by atoms with Crippen molar-refractivity contribution in [2.24, 2.45) is 0 Å². The summed E-state index contributed by atoms with van der Waals surface area (Å²) in [6.07, 6.45) is 1.44. The molecular weight excluding hydrogens is 257 g/mol.